The van der Waals surface area contributed by atoms with Gasteiger partial charge in [-0.05, 0) is 31.5 Å². The third-order valence-corrected chi connectivity index (χ3v) is 4.29. The molecule has 0 fully saturated rings. The van der Waals surface area contributed by atoms with Crippen LogP contribution < -0.4 is 20.1 Å². The van der Waals surface area contributed by atoms with Gasteiger partial charge in [0.2, 0.25) is 0 Å². The van der Waals surface area contributed by atoms with E-state index in [4.69, 9.17) is 14.0 Å². The van der Waals surface area contributed by atoms with E-state index in [9.17, 15) is 0 Å². The summed E-state index contributed by atoms with van der Waals surface area (Å²) in [5.41, 5.74) is 3.15. The van der Waals surface area contributed by atoms with Crippen LogP contribution in [0, 0.1) is 13.8 Å². The minimum Gasteiger partial charge on any atom is -0.493 e. The van der Waals surface area contributed by atoms with Gasteiger partial charge in [-0.25, -0.2) is 0 Å². The highest BCUT2D eigenvalue weighted by Crippen LogP contribution is 2.27. The molecule has 1 atom stereocenters. The summed E-state index contributed by atoms with van der Waals surface area (Å²) < 4.78 is 15.9. The minimum atomic E-state index is 0. The molecule has 0 bridgehead atoms. The number of hydrogen-bond donors (Lipinski definition) is 2. The Balaban J connectivity index is 0.00000364. The van der Waals surface area contributed by atoms with E-state index in [2.05, 4.69) is 27.7 Å². The summed E-state index contributed by atoms with van der Waals surface area (Å²) in [6.45, 7) is 7.40. The molecule has 0 aliphatic heterocycles. The first kappa shape index (κ1) is 23.1. The summed E-state index contributed by atoms with van der Waals surface area (Å²) in [6.07, 6.45) is 0. The third kappa shape index (κ3) is 6.02. The van der Waals surface area contributed by atoms with Crippen LogP contribution in [0.5, 0.6) is 11.5 Å². The number of aromatic nitrogens is 1. The van der Waals surface area contributed by atoms with Gasteiger partial charge in [0.15, 0.2) is 17.5 Å². The molecule has 1 unspecified atom stereocenters. The second-order valence-corrected chi connectivity index (χ2v) is 6.13. The predicted molar refractivity (Wildman–Crippen MR) is 118 cm³/mol. The summed E-state index contributed by atoms with van der Waals surface area (Å²) in [5, 5.41) is 10.7. The lowest BCUT2D eigenvalue weighted by Crippen LogP contribution is -2.38. The Hall–Kier alpha value is -1.97. The number of aliphatic imine (C=N–C) groups is 1. The fraction of sp³-hybridized carbons (Fsp3) is 0.474. The molecule has 0 spiro atoms. The van der Waals surface area contributed by atoms with Gasteiger partial charge in [0, 0.05) is 31.6 Å². The Morgan fingerprint density at radius 1 is 1.19 bits per heavy atom. The van der Waals surface area contributed by atoms with E-state index in [0.29, 0.717) is 18.0 Å². The van der Waals surface area contributed by atoms with Gasteiger partial charge in [0.1, 0.15) is 5.76 Å². The van der Waals surface area contributed by atoms with Crippen LogP contribution >= 0.6 is 24.0 Å². The molecule has 0 radical (unpaired) electrons. The summed E-state index contributed by atoms with van der Waals surface area (Å²) in [7, 11) is 5.01. The van der Waals surface area contributed by atoms with E-state index in [1.54, 1.807) is 21.3 Å². The molecule has 1 heterocycles. The van der Waals surface area contributed by atoms with E-state index in [1.165, 1.54) is 0 Å². The average Bonchev–Trinajstić information content (AvgIpc) is 2.99. The molecule has 0 amide bonds. The van der Waals surface area contributed by atoms with Crippen LogP contribution in [-0.2, 0) is 6.54 Å². The van der Waals surface area contributed by atoms with Gasteiger partial charge >= 0.3 is 0 Å². The Labute approximate surface area is 177 Å². The fourth-order valence-corrected chi connectivity index (χ4v) is 2.94. The number of hydrogen-bond acceptors (Lipinski definition) is 5. The van der Waals surface area contributed by atoms with E-state index in [1.807, 2.05) is 32.0 Å². The highest BCUT2D eigenvalue weighted by atomic mass is 127. The van der Waals surface area contributed by atoms with E-state index in [-0.39, 0.29) is 29.9 Å². The lowest BCUT2D eigenvalue weighted by Gasteiger charge is -2.16. The zero-order valence-electron chi connectivity index (χ0n) is 16.8. The molecule has 0 saturated heterocycles. The van der Waals surface area contributed by atoms with Crippen molar-refractivity contribution in [2.75, 3.05) is 27.8 Å². The van der Waals surface area contributed by atoms with Crippen LogP contribution in [0.4, 0.5) is 0 Å². The monoisotopic (exact) mass is 488 g/mol. The number of ether oxygens (including phenoxy) is 2. The molecule has 0 aliphatic rings. The number of benzene rings is 1. The van der Waals surface area contributed by atoms with Crippen molar-refractivity contribution in [2.24, 2.45) is 4.99 Å². The van der Waals surface area contributed by atoms with Gasteiger partial charge in [-0.2, -0.15) is 0 Å². The highest BCUT2D eigenvalue weighted by molar-refractivity contribution is 14.0. The molecule has 2 N–H and O–H groups in total. The molecule has 0 aliphatic carbocycles. The molecule has 8 heteroatoms. The molecule has 7 nitrogen and oxygen atoms in total. The SMILES string of the molecule is CN=C(NCc1ccc(OC)c(OC)c1)NCC(C)c1c(C)noc1C.I. The Kier molecular flexibility index (Phi) is 9.40. The maximum atomic E-state index is 5.34. The molecular formula is C19H29IN4O3. The first-order valence-corrected chi connectivity index (χ1v) is 8.58. The minimum absolute atomic E-state index is 0. The molecular weight excluding hydrogens is 459 g/mol. The van der Waals surface area contributed by atoms with Crippen molar-refractivity contribution in [1.29, 1.82) is 0 Å². The van der Waals surface area contributed by atoms with Crippen molar-refractivity contribution in [3.05, 3.63) is 40.8 Å². The van der Waals surface area contributed by atoms with Crippen LogP contribution in [0.1, 0.15) is 35.4 Å². The highest BCUT2D eigenvalue weighted by Gasteiger charge is 2.16. The van der Waals surface area contributed by atoms with E-state index < -0.39 is 0 Å². The quantitative estimate of drug-likeness (QED) is 0.354. The molecule has 150 valence electrons. The lowest BCUT2D eigenvalue weighted by molar-refractivity contribution is 0.354. The Morgan fingerprint density at radius 3 is 2.44 bits per heavy atom. The largest absolute Gasteiger partial charge is 0.493 e. The summed E-state index contributed by atoms with van der Waals surface area (Å²) in [4.78, 5) is 4.28. The maximum Gasteiger partial charge on any atom is 0.191 e. The van der Waals surface area contributed by atoms with Crippen molar-refractivity contribution in [3.63, 3.8) is 0 Å². The topological polar surface area (TPSA) is 80.9 Å². The first-order chi connectivity index (χ1) is 12.5. The third-order valence-electron chi connectivity index (χ3n) is 4.29. The Morgan fingerprint density at radius 2 is 1.89 bits per heavy atom. The standard InChI is InChI=1S/C19H28N4O3.HI/c1-12(18-13(2)23-26-14(18)3)10-21-19(20-4)22-11-15-7-8-16(24-5)17(9-15)25-6;/h7-9,12H,10-11H2,1-6H3,(H2,20,21,22);1H. The molecule has 0 saturated carbocycles. The zero-order valence-corrected chi connectivity index (χ0v) is 19.1. The van der Waals surface area contributed by atoms with Crippen molar-refractivity contribution < 1.29 is 14.0 Å². The number of halogens is 1. The first-order valence-electron chi connectivity index (χ1n) is 8.58. The van der Waals surface area contributed by atoms with Crippen LogP contribution in [-0.4, -0.2) is 38.9 Å². The van der Waals surface area contributed by atoms with Gasteiger partial charge in [-0.3, -0.25) is 4.99 Å². The van der Waals surface area contributed by atoms with Crippen LogP contribution in [0.2, 0.25) is 0 Å². The smallest absolute Gasteiger partial charge is 0.191 e. The van der Waals surface area contributed by atoms with Crippen molar-refractivity contribution in [3.8, 4) is 11.5 Å². The summed E-state index contributed by atoms with van der Waals surface area (Å²) in [5.74, 6) is 3.29. The fourth-order valence-electron chi connectivity index (χ4n) is 2.94. The van der Waals surface area contributed by atoms with Gasteiger partial charge < -0.3 is 24.6 Å². The second-order valence-electron chi connectivity index (χ2n) is 6.13. The van der Waals surface area contributed by atoms with Gasteiger partial charge in [-0.1, -0.05) is 18.1 Å². The Bertz CT molecular complexity index is 742. The number of methoxy groups -OCH3 is 2. The maximum absolute atomic E-state index is 5.34. The molecule has 2 aromatic rings. The van der Waals surface area contributed by atoms with E-state index in [0.717, 1.165) is 35.1 Å². The number of rotatable bonds is 7. The van der Waals surface area contributed by atoms with Crippen molar-refractivity contribution in [2.45, 2.75) is 33.2 Å². The summed E-state index contributed by atoms with van der Waals surface area (Å²) in [6, 6.07) is 5.84. The number of aryl methyl sites for hydroxylation is 2. The summed E-state index contributed by atoms with van der Waals surface area (Å²) >= 11 is 0. The van der Waals surface area contributed by atoms with Crippen LogP contribution in [0.15, 0.2) is 27.7 Å². The van der Waals surface area contributed by atoms with Gasteiger partial charge in [0.05, 0.1) is 19.9 Å². The molecule has 27 heavy (non-hydrogen) atoms. The number of nitrogens with zero attached hydrogens (tertiary/aromatic N) is 2. The molecule has 2 rings (SSSR count). The van der Waals surface area contributed by atoms with Crippen molar-refractivity contribution >= 4 is 29.9 Å². The number of nitrogens with one attached hydrogen (secondary N) is 2. The second kappa shape index (κ2) is 11.0. The van der Waals surface area contributed by atoms with Crippen molar-refractivity contribution in [1.82, 2.24) is 15.8 Å². The normalized spacial score (nSPS) is 12.1. The molecule has 1 aromatic carbocycles. The van der Waals surface area contributed by atoms with Gasteiger partial charge in [0.25, 0.3) is 0 Å². The number of guanidine groups is 1. The van der Waals surface area contributed by atoms with Gasteiger partial charge in [-0.15, -0.1) is 24.0 Å². The van der Waals surface area contributed by atoms with E-state index >= 15 is 0 Å². The van der Waals surface area contributed by atoms with Crippen LogP contribution in [0.3, 0.4) is 0 Å². The van der Waals surface area contributed by atoms with Crippen LogP contribution in [0.25, 0.3) is 0 Å². The predicted octanol–water partition coefficient (Wildman–Crippen LogP) is 3.40. The lowest BCUT2D eigenvalue weighted by atomic mass is 10.00. The molecule has 1 aromatic heterocycles. The zero-order chi connectivity index (χ0) is 19.1. The average molecular weight is 488 g/mol.